The number of hydrogen-bond acceptors (Lipinski definition) is 3. The summed E-state index contributed by atoms with van der Waals surface area (Å²) in [6.45, 7) is 1.82. The third-order valence-corrected chi connectivity index (χ3v) is 2.03. The largest absolute Gasteiger partial charge is 0.411 e. The number of nitrogens with one attached hydrogen (secondary N) is 1. The Kier molecular flexibility index (Phi) is 7.13. The number of amides is 1. The van der Waals surface area contributed by atoms with Crippen LogP contribution in [0.4, 0.5) is 13.2 Å². The van der Waals surface area contributed by atoms with Crippen LogP contribution < -0.4 is 5.32 Å². The number of carbonyl (C=O) groups excluding carboxylic acids is 1. The summed E-state index contributed by atoms with van der Waals surface area (Å²) in [5.74, 6) is -0.543. The van der Waals surface area contributed by atoms with E-state index in [0.717, 1.165) is 0 Å². The van der Waals surface area contributed by atoms with E-state index in [0.29, 0.717) is 6.42 Å². The zero-order valence-electron chi connectivity index (χ0n) is 9.88. The standard InChI is InChI=1S/C10H18F3NO3/c1-7(2)8(15)3-4-14-9(16)5-17-6-10(11,12)13/h7-8,15H,3-6H2,1-2H3,(H,14,16). The highest BCUT2D eigenvalue weighted by atomic mass is 19.4. The summed E-state index contributed by atoms with van der Waals surface area (Å²) in [6.07, 6.45) is -4.59. The van der Waals surface area contributed by atoms with Crippen LogP contribution in [0, 0.1) is 5.92 Å². The number of ether oxygens (including phenoxy) is 1. The summed E-state index contributed by atoms with van der Waals surface area (Å²) >= 11 is 0. The van der Waals surface area contributed by atoms with Gasteiger partial charge in [0.2, 0.25) is 5.91 Å². The Morgan fingerprint density at radius 2 is 2.00 bits per heavy atom. The van der Waals surface area contributed by atoms with Crippen molar-refractivity contribution >= 4 is 5.91 Å². The van der Waals surface area contributed by atoms with Crippen molar-refractivity contribution in [1.82, 2.24) is 5.32 Å². The molecular weight excluding hydrogens is 239 g/mol. The summed E-state index contributed by atoms with van der Waals surface area (Å²) in [4.78, 5) is 11.0. The monoisotopic (exact) mass is 257 g/mol. The maximum atomic E-state index is 11.7. The molecule has 0 aromatic heterocycles. The maximum absolute atomic E-state index is 11.7. The molecule has 1 amide bonds. The van der Waals surface area contributed by atoms with Gasteiger partial charge in [-0.15, -0.1) is 0 Å². The molecule has 0 aliphatic heterocycles. The van der Waals surface area contributed by atoms with Crippen LogP contribution in [0.5, 0.6) is 0 Å². The lowest BCUT2D eigenvalue weighted by atomic mass is 10.0. The van der Waals surface area contributed by atoms with Crippen molar-refractivity contribution in [1.29, 1.82) is 0 Å². The number of alkyl halides is 3. The molecule has 0 aliphatic rings. The van der Waals surface area contributed by atoms with E-state index in [1.807, 2.05) is 13.8 Å². The van der Waals surface area contributed by atoms with Crippen LogP contribution in [-0.2, 0) is 9.53 Å². The first-order chi connectivity index (χ1) is 7.72. The Balaban J connectivity index is 3.54. The first-order valence-corrected chi connectivity index (χ1v) is 5.31. The van der Waals surface area contributed by atoms with E-state index in [1.165, 1.54) is 0 Å². The van der Waals surface area contributed by atoms with Gasteiger partial charge in [-0.25, -0.2) is 0 Å². The molecular formula is C10H18F3NO3. The zero-order valence-corrected chi connectivity index (χ0v) is 9.88. The van der Waals surface area contributed by atoms with Gasteiger partial charge in [-0.2, -0.15) is 13.2 Å². The van der Waals surface area contributed by atoms with Crippen LogP contribution in [0.15, 0.2) is 0 Å². The highest BCUT2D eigenvalue weighted by Crippen LogP contribution is 2.14. The molecule has 0 rings (SSSR count). The number of hydrogen-bond donors (Lipinski definition) is 2. The van der Waals surface area contributed by atoms with E-state index in [9.17, 15) is 23.1 Å². The van der Waals surface area contributed by atoms with Crippen molar-refractivity contribution in [2.75, 3.05) is 19.8 Å². The lowest BCUT2D eigenvalue weighted by Gasteiger charge is -2.14. The van der Waals surface area contributed by atoms with E-state index in [-0.39, 0.29) is 12.5 Å². The van der Waals surface area contributed by atoms with Gasteiger partial charge in [0.05, 0.1) is 6.10 Å². The van der Waals surface area contributed by atoms with Crippen LogP contribution in [0.2, 0.25) is 0 Å². The molecule has 0 aromatic rings. The third kappa shape index (κ3) is 10.1. The quantitative estimate of drug-likeness (QED) is 0.717. The molecule has 0 saturated carbocycles. The maximum Gasteiger partial charge on any atom is 0.411 e. The Morgan fingerprint density at radius 3 is 2.47 bits per heavy atom. The van der Waals surface area contributed by atoms with E-state index in [4.69, 9.17) is 0 Å². The second kappa shape index (κ2) is 7.50. The molecule has 0 saturated heterocycles. The summed E-state index contributed by atoms with van der Waals surface area (Å²) in [6, 6.07) is 0. The molecule has 0 aromatic carbocycles. The molecule has 0 radical (unpaired) electrons. The lowest BCUT2D eigenvalue weighted by molar-refractivity contribution is -0.175. The lowest BCUT2D eigenvalue weighted by Crippen LogP contribution is -2.32. The normalized spacial score (nSPS) is 13.8. The molecule has 17 heavy (non-hydrogen) atoms. The van der Waals surface area contributed by atoms with Crippen LogP contribution in [-0.4, -0.2) is 43.1 Å². The first kappa shape index (κ1) is 16.2. The predicted octanol–water partition coefficient (Wildman–Crippen LogP) is 1.09. The van der Waals surface area contributed by atoms with Crippen LogP contribution in [0.25, 0.3) is 0 Å². The third-order valence-electron chi connectivity index (χ3n) is 2.03. The average molecular weight is 257 g/mol. The smallest absolute Gasteiger partial charge is 0.393 e. The van der Waals surface area contributed by atoms with Crippen LogP contribution in [0.3, 0.4) is 0 Å². The number of aliphatic hydroxyl groups excluding tert-OH is 1. The molecule has 2 N–H and O–H groups in total. The van der Waals surface area contributed by atoms with Crippen molar-refractivity contribution in [3.8, 4) is 0 Å². The van der Waals surface area contributed by atoms with Crippen LogP contribution >= 0.6 is 0 Å². The van der Waals surface area contributed by atoms with Gasteiger partial charge in [-0.1, -0.05) is 13.8 Å². The molecule has 7 heteroatoms. The zero-order chi connectivity index (χ0) is 13.5. The Labute approximate surface area is 98.1 Å². The Morgan fingerprint density at radius 1 is 1.41 bits per heavy atom. The number of carbonyl (C=O) groups is 1. The van der Waals surface area contributed by atoms with Crippen molar-refractivity contribution in [3.63, 3.8) is 0 Å². The van der Waals surface area contributed by atoms with Gasteiger partial charge in [0.25, 0.3) is 0 Å². The fraction of sp³-hybridized carbons (Fsp3) is 0.900. The molecule has 0 heterocycles. The van der Waals surface area contributed by atoms with Gasteiger partial charge in [-0.3, -0.25) is 4.79 Å². The van der Waals surface area contributed by atoms with Crippen molar-refractivity contribution in [2.45, 2.75) is 32.5 Å². The van der Waals surface area contributed by atoms with E-state index >= 15 is 0 Å². The summed E-state index contributed by atoms with van der Waals surface area (Å²) in [5, 5.41) is 11.8. The Bertz CT molecular complexity index is 231. The molecule has 0 fully saturated rings. The number of rotatable bonds is 7. The topological polar surface area (TPSA) is 58.6 Å². The minimum atomic E-state index is -4.42. The molecule has 1 atom stereocenters. The van der Waals surface area contributed by atoms with Crippen molar-refractivity contribution < 1.29 is 27.8 Å². The summed E-state index contributed by atoms with van der Waals surface area (Å²) < 4.78 is 39.2. The second-order valence-electron chi connectivity index (χ2n) is 4.06. The van der Waals surface area contributed by atoms with Gasteiger partial charge in [0.1, 0.15) is 13.2 Å². The summed E-state index contributed by atoms with van der Waals surface area (Å²) in [5.41, 5.74) is 0. The fourth-order valence-corrected chi connectivity index (χ4v) is 1.00. The average Bonchev–Trinajstić information content (AvgIpc) is 2.15. The van der Waals surface area contributed by atoms with Gasteiger partial charge in [-0.05, 0) is 12.3 Å². The minimum Gasteiger partial charge on any atom is -0.393 e. The van der Waals surface area contributed by atoms with Crippen molar-refractivity contribution in [2.24, 2.45) is 5.92 Å². The van der Waals surface area contributed by atoms with E-state index < -0.39 is 31.4 Å². The Hall–Kier alpha value is -0.820. The number of aliphatic hydroxyl groups is 1. The summed E-state index contributed by atoms with van der Waals surface area (Å²) in [7, 11) is 0. The van der Waals surface area contributed by atoms with Gasteiger partial charge < -0.3 is 15.2 Å². The number of halogens is 3. The molecule has 4 nitrogen and oxygen atoms in total. The molecule has 1 unspecified atom stereocenters. The molecule has 0 aliphatic carbocycles. The van der Waals surface area contributed by atoms with E-state index in [2.05, 4.69) is 10.1 Å². The first-order valence-electron chi connectivity index (χ1n) is 5.31. The fourth-order valence-electron chi connectivity index (χ4n) is 1.00. The SMILES string of the molecule is CC(C)C(O)CCNC(=O)COCC(F)(F)F. The van der Waals surface area contributed by atoms with Crippen molar-refractivity contribution in [3.05, 3.63) is 0 Å². The van der Waals surface area contributed by atoms with Gasteiger partial charge in [0.15, 0.2) is 0 Å². The highest BCUT2D eigenvalue weighted by molar-refractivity contribution is 5.77. The van der Waals surface area contributed by atoms with Gasteiger partial charge in [0, 0.05) is 6.54 Å². The van der Waals surface area contributed by atoms with E-state index in [1.54, 1.807) is 0 Å². The van der Waals surface area contributed by atoms with Gasteiger partial charge >= 0.3 is 6.18 Å². The highest BCUT2D eigenvalue weighted by Gasteiger charge is 2.27. The molecule has 0 bridgehead atoms. The van der Waals surface area contributed by atoms with Crippen LogP contribution in [0.1, 0.15) is 20.3 Å². The molecule has 102 valence electrons. The second-order valence-corrected chi connectivity index (χ2v) is 4.06. The predicted molar refractivity (Wildman–Crippen MR) is 55.3 cm³/mol. The molecule has 0 spiro atoms. The minimum absolute atomic E-state index is 0.0772.